The van der Waals surface area contributed by atoms with Crippen LogP contribution in [0.25, 0.3) is 27.6 Å². The van der Waals surface area contributed by atoms with Gasteiger partial charge in [-0.15, -0.1) is 0 Å². The number of para-hydroxylation sites is 2. The van der Waals surface area contributed by atoms with Crippen LogP contribution in [-0.4, -0.2) is 16.2 Å². The summed E-state index contributed by atoms with van der Waals surface area (Å²) in [6.07, 6.45) is 1.93. The number of hydrogen-bond acceptors (Lipinski definition) is 4. The molecule has 0 radical (unpaired) electrons. The maximum Gasteiger partial charge on any atom is 0.137 e. The second kappa shape index (κ2) is 12.7. The number of aromatic nitrogens is 2. The number of pyridine rings is 1. The van der Waals surface area contributed by atoms with Gasteiger partial charge < -0.3 is 14.5 Å². The minimum atomic E-state index is -0.000448. The summed E-state index contributed by atoms with van der Waals surface area (Å²) < 4.78 is 9.06. The first-order chi connectivity index (χ1) is 28.9. The molecule has 9 aromatic rings. The molecule has 1 aliphatic heterocycles. The van der Waals surface area contributed by atoms with Gasteiger partial charge in [0.1, 0.15) is 24.0 Å². The fourth-order valence-corrected chi connectivity index (χ4v) is 10.1. The first-order valence-corrected chi connectivity index (χ1v) is 20.6. The topological polar surface area (TPSA) is 33.5 Å². The van der Waals surface area contributed by atoms with Gasteiger partial charge in [-0.2, -0.15) is 0 Å². The molecule has 0 fully saturated rings. The third-order valence-electron chi connectivity index (χ3n) is 12.8. The van der Waals surface area contributed by atoms with Gasteiger partial charge in [-0.05, 0) is 111 Å². The monoisotopic (exact) mass is 762 g/mol. The zero-order valence-electron chi connectivity index (χ0n) is 33.3. The predicted octanol–water partition coefficient (Wildman–Crippen LogP) is 13.5. The fourth-order valence-electron chi connectivity index (χ4n) is 10.1. The molecular weight excluding hydrogens is 721 g/mol. The van der Waals surface area contributed by atoms with E-state index in [-0.39, 0.29) is 17.3 Å². The van der Waals surface area contributed by atoms with E-state index in [0.717, 1.165) is 34.0 Å². The average Bonchev–Trinajstić information content (AvgIpc) is 3.81. The highest BCUT2D eigenvalue weighted by Gasteiger charge is 2.43. The van der Waals surface area contributed by atoms with E-state index in [1.54, 1.807) is 0 Å². The zero-order valence-corrected chi connectivity index (χ0v) is 33.3. The molecule has 0 N–H and O–H groups in total. The number of fused-ring (bicyclic) bond motifs is 4. The highest BCUT2D eigenvalue weighted by atomic mass is 16.5. The Hall–Kier alpha value is -7.11. The number of nitrogens with zero attached hydrogens (tertiary/aromatic N) is 4. The first-order valence-electron chi connectivity index (χ1n) is 20.6. The van der Waals surface area contributed by atoms with Gasteiger partial charge in [-0.25, -0.2) is 4.98 Å². The molecule has 284 valence electrons. The lowest BCUT2D eigenvalue weighted by atomic mass is 9.61. The van der Waals surface area contributed by atoms with Crippen molar-refractivity contribution in [1.82, 2.24) is 9.55 Å². The molecule has 3 heterocycles. The van der Waals surface area contributed by atoms with Crippen molar-refractivity contribution in [2.45, 2.75) is 38.0 Å². The van der Waals surface area contributed by atoms with Gasteiger partial charge in [-0.3, -0.25) is 4.57 Å². The third kappa shape index (κ3) is 5.20. The van der Waals surface area contributed by atoms with Crippen molar-refractivity contribution >= 4 is 44.6 Å². The summed E-state index contributed by atoms with van der Waals surface area (Å²) in [4.78, 5) is 9.79. The molecule has 0 saturated carbocycles. The molecule has 59 heavy (non-hydrogen) atoms. The van der Waals surface area contributed by atoms with Crippen molar-refractivity contribution in [3.63, 3.8) is 0 Å². The van der Waals surface area contributed by atoms with Crippen molar-refractivity contribution in [3.8, 4) is 17.3 Å². The summed E-state index contributed by atoms with van der Waals surface area (Å²) in [6, 6.07) is 61.8. The molecule has 5 nitrogen and oxygen atoms in total. The number of benzene rings is 7. The Morgan fingerprint density at radius 1 is 0.492 bits per heavy atom. The Kier molecular flexibility index (Phi) is 7.31. The van der Waals surface area contributed by atoms with Crippen molar-refractivity contribution in [1.29, 1.82) is 0 Å². The summed E-state index contributed by atoms with van der Waals surface area (Å²) in [5.41, 5.74) is 16.7. The van der Waals surface area contributed by atoms with Crippen LogP contribution in [0.3, 0.4) is 0 Å². The normalized spacial score (nSPS) is 16.3. The molecule has 0 amide bonds. The van der Waals surface area contributed by atoms with Crippen LogP contribution < -0.4 is 14.5 Å². The largest absolute Gasteiger partial charge is 0.457 e. The Labute approximate surface area is 344 Å². The standard InChI is InChI=1S/C54H42N4O/c1-54(2,3)34-26-27-55-51(28-34)58-47-23-12-11-18-39(47)40-25-24-38(30-48(40)58)59-37-17-13-16-36(29-37)57-33-56(35-14-5-4-6-15-35)49-31-45-46(32-50(49)57)53-43-21-9-7-19-41(43)52(45)42-20-8-10-22-44(42)53/h4-32,52-53H,33H2,1-3H3. The molecular formula is C54H42N4O. The smallest absolute Gasteiger partial charge is 0.137 e. The summed E-state index contributed by atoms with van der Waals surface area (Å²) in [5.74, 6) is 2.88. The molecule has 0 spiro atoms. The first kappa shape index (κ1) is 34.0. The van der Waals surface area contributed by atoms with Gasteiger partial charge in [0.25, 0.3) is 0 Å². The quantitative estimate of drug-likeness (QED) is 0.175. The number of ether oxygens (including phenoxy) is 1. The van der Waals surface area contributed by atoms with Gasteiger partial charge in [0.15, 0.2) is 0 Å². The van der Waals surface area contributed by atoms with E-state index in [4.69, 9.17) is 9.72 Å². The van der Waals surface area contributed by atoms with Gasteiger partial charge in [-0.1, -0.05) is 112 Å². The molecule has 0 atom stereocenters. The average molecular weight is 763 g/mol. The van der Waals surface area contributed by atoms with Gasteiger partial charge in [0, 0.05) is 52.3 Å². The van der Waals surface area contributed by atoms with Crippen LogP contribution in [-0.2, 0) is 5.41 Å². The highest BCUT2D eigenvalue weighted by Crippen LogP contribution is 2.59. The summed E-state index contributed by atoms with van der Waals surface area (Å²) in [6.45, 7) is 7.42. The van der Waals surface area contributed by atoms with E-state index in [1.807, 2.05) is 6.20 Å². The molecule has 3 aliphatic carbocycles. The van der Waals surface area contributed by atoms with Crippen LogP contribution in [0.15, 0.2) is 176 Å². The Bertz CT molecular complexity index is 3090. The maximum absolute atomic E-state index is 6.79. The maximum atomic E-state index is 6.79. The fraction of sp³-hybridized carbons (Fsp3) is 0.130. The number of hydrogen-bond donors (Lipinski definition) is 0. The lowest BCUT2D eigenvalue weighted by Crippen LogP contribution is -2.27. The summed E-state index contributed by atoms with van der Waals surface area (Å²) >= 11 is 0. The van der Waals surface area contributed by atoms with Crippen LogP contribution in [0.2, 0.25) is 0 Å². The Morgan fingerprint density at radius 2 is 1.07 bits per heavy atom. The molecule has 5 heteroatoms. The lowest BCUT2D eigenvalue weighted by molar-refractivity contribution is 0.483. The van der Waals surface area contributed by atoms with E-state index in [2.05, 4.69) is 205 Å². The van der Waals surface area contributed by atoms with E-state index in [1.165, 1.54) is 66.8 Å². The Morgan fingerprint density at radius 3 is 1.75 bits per heavy atom. The van der Waals surface area contributed by atoms with Gasteiger partial charge in [0.05, 0.1) is 22.4 Å². The Balaban J connectivity index is 0.952. The minimum Gasteiger partial charge on any atom is -0.457 e. The van der Waals surface area contributed by atoms with Crippen LogP contribution in [0.4, 0.5) is 22.7 Å². The molecule has 2 aromatic heterocycles. The second-order valence-corrected chi connectivity index (χ2v) is 17.2. The van der Waals surface area contributed by atoms with Crippen LogP contribution in [0, 0.1) is 0 Å². The van der Waals surface area contributed by atoms with Crippen LogP contribution in [0.1, 0.15) is 71.6 Å². The van der Waals surface area contributed by atoms with Crippen molar-refractivity contribution < 1.29 is 4.74 Å². The van der Waals surface area contributed by atoms with Crippen molar-refractivity contribution in [2.24, 2.45) is 0 Å². The van der Waals surface area contributed by atoms with Crippen molar-refractivity contribution in [3.05, 3.63) is 215 Å². The van der Waals surface area contributed by atoms with E-state index in [0.29, 0.717) is 6.67 Å². The molecule has 0 saturated heterocycles. The van der Waals surface area contributed by atoms with E-state index >= 15 is 0 Å². The van der Waals surface area contributed by atoms with Crippen LogP contribution in [0.5, 0.6) is 11.5 Å². The van der Waals surface area contributed by atoms with Crippen molar-refractivity contribution in [2.75, 3.05) is 16.5 Å². The summed E-state index contributed by atoms with van der Waals surface area (Å²) in [7, 11) is 0. The van der Waals surface area contributed by atoms with E-state index < -0.39 is 0 Å². The van der Waals surface area contributed by atoms with E-state index in [9.17, 15) is 0 Å². The molecule has 4 aliphatic rings. The zero-order chi connectivity index (χ0) is 39.4. The highest BCUT2D eigenvalue weighted by molar-refractivity contribution is 6.09. The predicted molar refractivity (Wildman–Crippen MR) is 241 cm³/mol. The minimum absolute atomic E-state index is 0.000448. The second-order valence-electron chi connectivity index (χ2n) is 17.2. The van der Waals surface area contributed by atoms with Crippen LogP contribution >= 0.6 is 0 Å². The van der Waals surface area contributed by atoms with Gasteiger partial charge >= 0.3 is 0 Å². The SMILES string of the molecule is CC(C)(C)c1ccnc(-n2c3ccccc3c3ccc(Oc4cccc(N5CN(c6ccccc6)c6cc7c(cc65)C5c6ccccc6C7c6ccccc65)c4)cc32)c1. The summed E-state index contributed by atoms with van der Waals surface area (Å²) in [5, 5.41) is 2.36. The van der Waals surface area contributed by atoms with Gasteiger partial charge in [0.2, 0.25) is 0 Å². The third-order valence-corrected chi connectivity index (χ3v) is 12.8. The molecule has 13 rings (SSSR count). The molecule has 7 aromatic carbocycles. The molecule has 2 bridgehead atoms. The lowest BCUT2D eigenvalue weighted by Gasteiger charge is -2.42. The number of rotatable bonds is 5. The molecule has 0 unspecified atom stereocenters. The number of anilines is 4.